The number of halogens is 3. The molecule has 13 heavy (non-hydrogen) atoms. The Labute approximate surface area is 79.7 Å². The summed E-state index contributed by atoms with van der Waals surface area (Å²) in [6, 6.07) is 1.64. The van der Waals surface area contributed by atoms with Gasteiger partial charge >= 0.3 is 0 Å². The predicted octanol–water partition coefficient (Wildman–Crippen LogP) is 2.14. The lowest BCUT2D eigenvalue weighted by molar-refractivity contribution is 0.502. The number of benzene rings is 1. The van der Waals surface area contributed by atoms with Crippen molar-refractivity contribution in [3.63, 3.8) is 0 Å². The maximum Gasteiger partial charge on any atom is 0.160 e. The quantitative estimate of drug-likeness (QED) is 0.442. The summed E-state index contributed by atoms with van der Waals surface area (Å²) in [4.78, 5) is 0. The van der Waals surface area contributed by atoms with Gasteiger partial charge in [0.2, 0.25) is 0 Å². The molecule has 1 aromatic rings. The molecule has 0 heterocycles. The van der Waals surface area contributed by atoms with Gasteiger partial charge in [0.25, 0.3) is 0 Å². The van der Waals surface area contributed by atoms with Crippen LogP contribution in [-0.2, 0) is 0 Å². The number of hydrazine groups is 1. The molecule has 5 heteroatoms. The van der Waals surface area contributed by atoms with Crippen molar-refractivity contribution in [1.82, 2.24) is 5.43 Å². The maximum atomic E-state index is 12.8. The standard InChI is InChI=1S/C8H9ClF2N2/c1-4(13-12)5-2-7(10)8(11)3-6(5)9/h2-4,13H,12H2,1H3. The largest absolute Gasteiger partial charge is 0.271 e. The fraction of sp³-hybridized carbons (Fsp3) is 0.250. The van der Waals surface area contributed by atoms with Crippen LogP contribution in [0.1, 0.15) is 18.5 Å². The van der Waals surface area contributed by atoms with Crippen LogP contribution in [0.25, 0.3) is 0 Å². The summed E-state index contributed by atoms with van der Waals surface area (Å²) < 4.78 is 25.4. The van der Waals surface area contributed by atoms with Gasteiger partial charge in [-0.1, -0.05) is 11.6 Å². The Hall–Kier alpha value is -0.710. The van der Waals surface area contributed by atoms with Gasteiger partial charge in [-0.15, -0.1) is 0 Å². The molecule has 1 unspecified atom stereocenters. The topological polar surface area (TPSA) is 38.0 Å². The molecule has 0 aromatic heterocycles. The Kier molecular flexibility index (Phi) is 3.19. The molecule has 0 spiro atoms. The number of hydrogen-bond acceptors (Lipinski definition) is 2. The lowest BCUT2D eigenvalue weighted by Gasteiger charge is -2.12. The van der Waals surface area contributed by atoms with E-state index in [1.165, 1.54) is 0 Å². The van der Waals surface area contributed by atoms with Crippen molar-refractivity contribution >= 4 is 11.6 Å². The smallest absolute Gasteiger partial charge is 0.160 e. The zero-order chi connectivity index (χ0) is 10.0. The monoisotopic (exact) mass is 206 g/mol. The fourth-order valence-electron chi connectivity index (χ4n) is 0.960. The first-order valence-electron chi connectivity index (χ1n) is 3.67. The molecule has 2 nitrogen and oxygen atoms in total. The third-order valence-electron chi connectivity index (χ3n) is 1.76. The van der Waals surface area contributed by atoms with Gasteiger partial charge < -0.3 is 0 Å². The van der Waals surface area contributed by atoms with E-state index in [2.05, 4.69) is 5.43 Å². The van der Waals surface area contributed by atoms with Crippen molar-refractivity contribution in [3.8, 4) is 0 Å². The van der Waals surface area contributed by atoms with E-state index < -0.39 is 11.6 Å². The Morgan fingerprint density at radius 3 is 2.46 bits per heavy atom. The van der Waals surface area contributed by atoms with Gasteiger partial charge in [0, 0.05) is 11.1 Å². The van der Waals surface area contributed by atoms with Gasteiger partial charge in [-0.25, -0.2) is 8.78 Å². The molecule has 0 aliphatic carbocycles. The first-order chi connectivity index (χ1) is 6.06. The molecular formula is C8H9ClF2N2. The average molecular weight is 207 g/mol. The Morgan fingerprint density at radius 1 is 1.38 bits per heavy atom. The van der Waals surface area contributed by atoms with Crippen molar-refractivity contribution < 1.29 is 8.78 Å². The molecule has 72 valence electrons. The third-order valence-corrected chi connectivity index (χ3v) is 2.08. The van der Waals surface area contributed by atoms with E-state index in [-0.39, 0.29) is 11.1 Å². The molecule has 0 saturated carbocycles. The van der Waals surface area contributed by atoms with Gasteiger partial charge in [0.1, 0.15) is 0 Å². The zero-order valence-electron chi connectivity index (χ0n) is 6.94. The highest BCUT2D eigenvalue weighted by Gasteiger charge is 2.12. The van der Waals surface area contributed by atoms with Gasteiger partial charge in [-0.2, -0.15) is 0 Å². The minimum absolute atomic E-state index is 0.157. The van der Waals surface area contributed by atoms with Crippen LogP contribution in [0.3, 0.4) is 0 Å². The van der Waals surface area contributed by atoms with Crippen LogP contribution in [0.2, 0.25) is 5.02 Å². The van der Waals surface area contributed by atoms with E-state index in [0.29, 0.717) is 5.56 Å². The summed E-state index contributed by atoms with van der Waals surface area (Å²) in [5.74, 6) is 3.25. The summed E-state index contributed by atoms with van der Waals surface area (Å²) in [7, 11) is 0. The van der Waals surface area contributed by atoms with E-state index in [0.717, 1.165) is 12.1 Å². The van der Waals surface area contributed by atoms with Gasteiger partial charge in [-0.05, 0) is 24.6 Å². The Bertz CT molecular complexity index is 317. The number of rotatable bonds is 2. The normalized spacial score (nSPS) is 13.0. The number of nitrogens with one attached hydrogen (secondary N) is 1. The molecule has 0 radical (unpaired) electrons. The molecule has 1 atom stereocenters. The third kappa shape index (κ3) is 2.15. The van der Waals surface area contributed by atoms with Crippen molar-refractivity contribution in [2.75, 3.05) is 0 Å². The van der Waals surface area contributed by atoms with E-state index in [1.807, 2.05) is 0 Å². The van der Waals surface area contributed by atoms with Crippen LogP contribution in [-0.4, -0.2) is 0 Å². The second-order valence-electron chi connectivity index (χ2n) is 2.68. The predicted molar refractivity (Wildman–Crippen MR) is 47.1 cm³/mol. The molecule has 1 aromatic carbocycles. The Morgan fingerprint density at radius 2 is 1.92 bits per heavy atom. The zero-order valence-corrected chi connectivity index (χ0v) is 7.70. The lowest BCUT2D eigenvalue weighted by Crippen LogP contribution is -2.26. The maximum absolute atomic E-state index is 12.8. The molecule has 0 saturated heterocycles. The second-order valence-corrected chi connectivity index (χ2v) is 3.08. The van der Waals surface area contributed by atoms with Crippen molar-refractivity contribution in [1.29, 1.82) is 0 Å². The van der Waals surface area contributed by atoms with Gasteiger partial charge in [0.15, 0.2) is 11.6 Å². The summed E-state index contributed by atoms with van der Waals surface area (Å²) in [6.07, 6.45) is 0. The molecule has 1 rings (SSSR count). The summed E-state index contributed by atoms with van der Waals surface area (Å²) in [6.45, 7) is 1.69. The molecule has 0 aliphatic heterocycles. The first-order valence-corrected chi connectivity index (χ1v) is 4.04. The molecule has 0 aliphatic rings. The average Bonchev–Trinajstić information content (AvgIpc) is 2.10. The lowest BCUT2D eigenvalue weighted by atomic mass is 10.1. The minimum atomic E-state index is -0.960. The number of hydrogen-bond donors (Lipinski definition) is 2. The van der Waals surface area contributed by atoms with Gasteiger partial charge in [-0.3, -0.25) is 11.3 Å². The fourth-order valence-corrected chi connectivity index (χ4v) is 1.27. The van der Waals surface area contributed by atoms with Crippen LogP contribution in [0, 0.1) is 11.6 Å². The highest BCUT2D eigenvalue weighted by molar-refractivity contribution is 6.31. The van der Waals surface area contributed by atoms with Crippen LogP contribution in [0.4, 0.5) is 8.78 Å². The highest BCUT2D eigenvalue weighted by Crippen LogP contribution is 2.24. The molecule has 0 amide bonds. The highest BCUT2D eigenvalue weighted by atomic mass is 35.5. The van der Waals surface area contributed by atoms with E-state index in [1.54, 1.807) is 6.92 Å². The van der Waals surface area contributed by atoms with E-state index >= 15 is 0 Å². The Balaban J connectivity index is 3.15. The summed E-state index contributed by atoms with van der Waals surface area (Å²) in [5, 5.41) is 0.157. The number of nitrogens with two attached hydrogens (primary N) is 1. The van der Waals surface area contributed by atoms with E-state index in [4.69, 9.17) is 17.4 Å². The molecule has 3 N–H and O–H groups in total. The summed E-state index contributed by atoms with van der Waals surface area (Å²) >= 11 is 5.67. The van der Waals surface area contributed by atoms with E-state index in [9.17, 15) is 8.78 Å². The SMILES string of the molecule is CC(NN)c1cc(F)c(F)cc1Cl. The van der Waals surface area contributed by atoms with Gasteiger partial charge in [0.05, 0.1) is 0 Å². The molecule has 0 fully saturated rings. The van der Waals surface area contributed by atoms with Crippen molar-refractivity contribution in [2.45, 2.75) is 13.0 Å². The van der Waals surface area contributed by atoms with Crippen LogP contribution < -0.4 is 11.3 Å². The van der Waals surface area contributed by atoms with Crippen molar-refractivity contribution in [2.24, 2.45) is 5.84 Å². The first kappa shape index (κ1) is 10.4. The summed E-state index contributed by atoms with van der Waals surface area (Å²) in [5.41, 5.74) is 2.83. The molecular weight excluding hydrogens is 198 g/mol. The van der Waals surface area contributed by atoms with Crippen LogP contribution in [0.15, 0.2) is 12.1 Å². The van der Waals surface area contributed by atoms with Crippen LogP contribution >= 0.6 is 11.6 Å². The minimum Gasteiger partial charge on any atom is -0.271 e. The second kappa shape index (κ2) is 4.00. The van der Waals surface area contributed by atoms with Crippen molar-refractivity contribution in [3.05, 3.63) is 34.4 Å². The molecule has 0 bridgehead atoms. The van der Waals surface area contributed by atoms with Crippen LogP contribution in [0.5, 0.6) is 0 Å².